The third kappa shape index (κ3) is 2.79. The predicted molar refractivity (Wildman–Crippen MR) is 73.4 cm³/mol. The van der Waals surface area contributed by atoms with E-state index >= 15 is 0 Å². The second-order valence-corrected chi connectivity index (χ2v) is 5.73. The van der Waals surface area contributed by atoms with E-state index in [4.69, 9.17) is 4.18 Å². The van der Waals surface area contributed by atoms with Crippen molar-refractivity contribution in [3.63, 3.8) is 0 Å². The lowest BCUT2D eigenvalue weighted by atomic mass is 10.3. The first-order chi connectivity index (χ1) is 10.6. The van der Waals surface area contributed by atoms with Crippen molar-refractivity contribution in [2.24, 2.45) is 0 Å². The fraction of sp³-hybridized carbons (Fsp3) is 0. The van der Waals surface area contributed by atoms with Crippen LogP contribution in [0.15, 0.2) is 59.8 Å². The predicted octanol–water partition coefficient (Wildman–Crippen LogP) is 1.57. The first kappa shape index (κ1) is 14.1. The monoisotopic (exact) mass is 320 g/mol. The molecule has 0 amide bonds. The third-order valence-corrected chi connectivity index (χ3v) is 4.02. The summed E-state index contributed by atoms with van der Waals surface area (Å²) in [5, 5.41) is 10.7. The zero-order chi connectivity index (χ0) is 15.6. The summed E-state index contributed by atoms with van der Waals surface area (Å²) in [7, 11) is -4.27. The van der Waals surface area contributed by atoms with Gasteiger partial charge in [-0.2, -0.15) is 8.42 Å². The molecule has 0 spiro atoms. The smallest absolute Gasteiger partial charge is 0.342 e. The van der Waals surface area contributed by atoms with E-state index in [9.17, 15) is 12.8 Å². The summed E-state index contributed by atoms with van der Waals surface area (Å²) in [5.74, 6) is -0.851. The Kier molecular flexibility index (Phi) is 3.55. The normalized spacial score (nSPS) is 11.3. The molecule has 0 unspecified atom stereocenters. The van der Waals surface area contributed by atoms with E-state index in [2.05, 4.69) is 15.5 Å². The molecule has 0 atom stereocenters. The van der Waals surface area contributed by atoms with Crippen molar-refractivity contribution < 1.29 is 17.0 Å². The molecular weight excluding hydrogens is 311 g/mol. The zero-order valence-corrected chi connectivity index (χ0v) is 11.8. The van der Waals surface area contributed by atoms with Crippen molar-refractivity contribution in [2.45, 2.75) is 4.90 Å². The van der Waals surface area contributed by atoms with Crippen molar-refractivity contribution in [1.82, 2.24) is 20.2 Å². The van der Waals surface area contributed by atoms with Gasteiger partial charge < -0.3 is 4.18 Å². The number of aromatic nitrogens is 4. The van der Waals surface area contributed by atoms with Crippen molar-refractivity contribution in [1.29, 1.82) is 0 Å². The van der Waals surface area contributed by atoms with Crippen LogP contribution in [0, 0.1) is 5.82 Å². The van der Waals surface area contributed by atoms with Crippen LogP contribution < -0.4 is 4.18 Å². The van der Waals surface area contributed by atoms with Gasteiger partial charge in [-0.05, 0) is 34.7 Å². The molecule has 22 heavy (non-hydrogen) atoms. The largest absolute Gasteiger partial charge is 0.379 e. The number of nitrogens with zero attached hydrogens (tertiary/aromatic N) is 4. The fourth-order valence-corrected chi connectivity index (χ4v) is 2.78. The second-order valence-electron chi connectivity index (χ2n) is 4.22. The summed E-state index contributed by atoms with van der Waals surface area (Å²) in [6.45, 7) is 0. The fourth-order valence-electron chi connectivity index (χ4n) is 1.78. The van der Waals surface area contributed by atoms with Crippen molar-refractivity contribution in [3.05, 3.63) is 60.7 Å². The van der Waals surface area contributed by atoms with Crippen LogP contribution in [-0.2, 0) is 10.1 Å². The average molecular weight is 320 g/mol. The van der Waals surface area contributed by atoms with Crippen LogP contribution in [0.5, 0.6) is 5.75 Å². The van der Waals surface area contributed by atoms with Gasteiger partial charge in [0.25, 0.3) is 0 Å². The Hall–Kier alpha value is -2.81. The van der Waals surface area contributed by atoms with Crippen molar-refractivity contribution in [3.8, 4) is 11.4 Å². The first-order valence-electron chi connectivity index (χ1n) is 6.09. The van der Waals surface area contributed by atoms with Crippen LogP contribution in [0.4, 0.5) is 4.39 Å². The van der Waals surface area contributed by atoms with Gasteiger partial charge in [-0.3, -0.25) is 0 Å². The molecule has 0 bridgehead atoms. The minimum absolute atomic E-state index is 0.0243. The highest BCUT2D eigenvalue weighted by Crippen LogP contribution is 2.22. The number of tetrazole rings is 1. The number of rotatable bonds is 4. The Morgan fingerprint density at radius 1 is 1.09 bits per heavy atom. The van der Waals surface area contributed by atoms with Crippen LogP contribution in [0.3, 0.4) is 0 Å². The molecule has 0 radical (unpaired) electrons. The third-order valence-electron chi connectivity index (χ3n) is 2.74. The quantitative estimate of drug-likeness (QED) is 0.678. The Bertz CT molecular complexity index is 897. The van der Waals surface area contributed by atoms with E-state index < -0.39 is 20.8 Å². The highest BCUT2D eigenvalue weighted by Gasteiger charge is 2.21. The lowest BCUT2D eigenvalue weighted by Gasteiger charge is -2.08. The molecule has 9 heteroatoms. The van der Waals surface area contributed by atoms with E-state index in [1.54, 1.807) is 12.1 Å². The highest BCUT2D eigenvalue weighted by molar-refractivity contribution is 7.87. The number of hydrogen-bond acceptors (Lipinski definition) is 6. The van der Waals surface area contributed by atoms with Gasteiger partial charge in [0.05, 0.1) is 5.69 Å². The summed E-state index contributed by atoms with van der Waals surface area (Å²) in [6, 6.07) is 11.1. The lowest BCUT2D eigenvalue weighted by molar-refractivity contribution is 0.476. The van der Waals surface area contributed by atoms with Gasteiger partial charge >= 0.3 is 10.1 Å². The molecule has 0 aliphatic heterocycles. The van der Waals surface area contributed by atoms with Gasteiger partial charge in [0.1, 0.15) is 22.8 Å². The number of benzene rings is 2. The summed E-state index contributed by atoms with van der Waals surface area (Å²) < 4.78 is 44.1. The lowest BCUT2D eigenvalue weighted by Crippen LogP contribution is -2.11. The van der Waals surface area contributed by atoms with Crippen LogP contribution in [0.25, 0.3) is 5.69 Å². The zero-order valence-electron chi connectivity index (χ0n) is 11.0. The number of hydrogen-bond donors (Lipinski definition) is 0. The van der Waals surface area contributed by atoms with E-state index in [0.717, 1.165) is 12.1 Å². The van der Waals surface area contributed by atoms with E-state index in [1.165, 1.54) is 35.3 Å². The molecule has 1 aromatic heterocycles. The molecule has 2 aromatic carbocycles. The minimum atomic E-state index is -4.27. The molecule has 0 fully saturated rings. The van der Waals surface area contributed by atoms with Gasteiger partial charge in [0.15, 0.2) is 0 Å². The molecule has 0 aliphatic rings. The Morgan fingerprint density at radius 3 is 2.64 bits per heavy atom. The Morgan fingerprint density at radius 2 is 1.91 bits per heavy atom. The summed E-state index contributed by atoms with van der Waals surface area (Å²) >= 11 is 0. The molecule has 112 valence electrons. The molecule has 1 heterocycles. The van der Waals surface area contributed by atoms with E-state index in [-0.39, 0.29) is 5.75 Å². The van der Waals surface area contributed by atoms with Crippen LogP contribution in [0.1, 0.15) is 0 Å². The molecule has 0 N–H and O–H groups in total. The van der Waals surface area contributed by atoms with Gasteiger partial charge in [0, 0.05) is 6.07 Å². The van der Waals surface area contributed by atoms with E-state index in [1.807, 2.05) is 0 Å². The Balaban J connectivity index is 1.93. The van der Waals surface area contributed by atoms with Gasteiger partial charge in [-0.1, -0.05) is 18.2 Å². The topological polar surface area (TPSA) is 87.0 Å². The van der Waals surface area contributed by atoms with Crippen molar-refractivity contribution in [2.75, 3.05) is 0 Å². The van der Waals surface area contributed by atoms with Crippen LogP contribution in [0.2, 0.25) is 0 Å². The highest BCUT2D eigenvalue weighted by atomic mass is 32.2. The van der Waals surface area contributed by atoms with Gasteiger partial charge in [0.2, 0.25) is 0 Å². The molecule has 3 rings (SSSR count). The molecule has 3 aromatic rings. The molecule has 7 nitrogen and oxygen atoms in total. The first-order valence-corrected chi connectivity index (χ1v) is 7.49. The molecule has 0 aliphatic carbocycles. The maximum Gasteiger partial charge on any atom is 0.342 e. The standard InChI is InChI=1S/C13H9FN4O3S/c14-12-6-1-2-7-13(12)22(19,20)21-11-5-3-4-10(8-11)18-9-15-16-17-18/h1-9H. The van der Waals surface area contributed by atoms with E-state index in [0.29, 0.717) is 5.69 Å². The summed E-state index contributed by atoms with van der Waals surface area (Å²) in [6.07, 6.45) is 1.35. The molecular formula is C13H9FN4O3S. The molecule has 0 saturated heterocycles. The second kappa shape index (κ2) is 5.53. The molecule has 0 saturated carbocycles. The number of halogens is 1. The van der Waals surface area contributed by atoms with Crippen molar-refractivity contribution >= 4 is 10.1 Å². The minimum Gasteiger partial charge on any atom is -0.379 e. The van der Waals surface area contributed by atoms with Gasteiger partial charge in [-0.25, -0.2) is 9.07 Å². The average Bonchev–Trinajstić information content (AvgIpc) is 3.01. The van der Waals surface area contributed by atoms with Crippen LogP contribution >= 0.6 is 0 Å². The maximum atomic E-state index is 13.6. The Labute approximate surface area is 125 Å². The van der Waals surface area contributed by atoms with Gasteiger partial charge in [-0.15, -0.1) is 5.10 Å². The summed E-state index contributed by atoms with van der Waals surface area (Å²) in [4.78, 5) is -0.525. The SMILES string of the molecule is O=S(=O)(Oc1cccc(-n2cnnn2)c1)c1ccccc1F. The summed E-state index contributed by atoms with van der Waals surface area (Å²) in [5.41, 5.74) is 0.506. The maximum absolute atomic E-state index is 13.6. The van der Waals surface area contributed by atoms with Crippen LogP contribution in [-0.4, -0.2) is 28.6 Å².